The Kier molecular flexibility index (Phi) is 3.24. The van der Waals surface area contributed by atoms with E-state index in [4.69, 9.17) is 0 Å². The molecule has 0 aliphatic heterocycles. The van der Waals surface area contributed by atoms with E-state index in [0.29, 0.717) is 0 Å². The van der Waals surface area contributed by atoms with Gasteiger partial charge in [-0.05, 0) is 11.8 Å². The predicted molar refractivity (Wildman–Crippen MR) is 46.0 cm³/mol. The molecule has 1 aliphatic rings. The lowest BCUT2D eigenvalue weighted by Gasteiger charge is -2.28. The van der Waals surface area contributed by atoms with Gasteiger partial charge >= 0.3 is 0 Å². The summed E-state index contributed by atoms with van der Waals surface area (Å²) in [6.07, 6.45) is 8.84. The third kappa shape index (κ3) is 2.00. The molecule has 1 fully saturated rings. The van der Waals surface area contributed by atoms with Gasteiger partial charge in [0.15, 0.2) is 0 Å². The zero-order chi connectivity index (χ0) is 7.40. The first-order chi connectivity index (χ1) is 4.84. The van der Waals surface area contributed by atoms with Gasteiger partial charge in [0.05, 0.1) is 0 Å². The minimum absolute atomic E-state index is 1.02. The van der Waals surface area contributed by atoms with Crippen LogP contribution in [0.1, 0.15) is 52.4 Å². The molecule has 0 nitrogen and oxygen atoms in total. The third-order valence-corrected chi connectivity index (χ3v) is 2.95. The van der Waals surface area contributed by atoms with Crippen molar-refractivity contribution in [1.82, 2.24) is 0 Å². The van der Waals surface area contributed by atoms with E-state index in [0.717, 1.165) is 11.8 Å². The lowest BCUT2D eigenvalue weighted by molar-refractivity contribution is 0.240. The molecule has 0 bridgehead atoms. The average molecular weight is 140 g/mol. The van der Waals surface area contributed by atoms with Crippen LogP contribution in [0.4, 0.5) is 0 Å². The van der Waals surface area contributed by atoms with Crippen molar-refractivity contribution in [3.8, 4) is 0 Å². The first-order valence-corrected chi connectivity index (χ1v) is 4.84. The monoisotopic (exact) mass is 140 g/mol. The summed E-state index contributed by atoms with van der Waals surface area (Å²) in [6.45, 7) is 4.74. The van der Waals surface area contributed by atoms with E-state index in [1.165, 1.54) is 38.5 Å². The first-order valence-electron chi connectivity index (χ1n) is 4.84. The Morgan fingerprint density at radius 1 is 1.20 bits per heavy atom. The van der Waals surface area contributed by atoms with Gasteiger partial charge in [-0.3, -0.25) is 0 Å². The molecule has 0 amide bonds. The molecule has 0 heterocycles. The Bertz CT molecular complexity index is 84.0. The van der Waals surface area contributed by atoms with Gasteiger partial charge in [0, 0.05) is 0 Å². The van der Waals surface area contributed by atoms with Gasteiger partial charge in [0.2, 0.25) is 0 Å². The van der Waals surface area contributed by atoms with Gasteiger partial charge in [0.1, 0.15) is 0 Å². The van der Waals surface area contributed by atoms with Gasteiger partial charge in [-0.15, -0.1) is 0 Å². The largest absolute Gasteiger partial charge is 0.0654 e. The second kappa shape index (κ2) is 4.00. The summed E-state index contributed by atoms with van der Waals surface area (Å²) >= 11 is 0. The van der Waals surface area contributed by atoms with Crippen molar-refractivity contribution < 1.29 is 0 Å². The van der Waals surface area contributed by atoms with Crippen LogP contribution in [0, 0.1) is 11.8 Å². The van der Waals surface area contributed by atoms with Crippen LogP contribution in [-0.2, 0) is 0 Å². The molecular formula is C10H20. The van der Waals surface area contributed by atoms with Crippen molar-refractivity contribution in [2.75, 3.05) is 0 Å². The molecule has 0 aromatic carbocycles. The number of hydrogen-bond donors (Lipinski definition) is 0. The van der Waals surface area contributed by atoms with Crippen LogP contribution in [0.15, 0.2) is 0 Å². The predicted octanol–water partition coefficient (Wildman–Crippen LogP) is 3.61. The number of hydrogen-bond acceptors (Lipinski definition) is 0. The first kappa shape index (κ1) is 8.10. The fraction of sp³-hybridized carbons (Fsp3) is 1.00. The highest BCUT2D eigenvalue weighted by Gasteiger charge is 2.19. The topological polar surface area (TPSA) is 0 Å². The van der Waals surface area contributed by atoms with Crippen LogP contribution in [-0.4, -0.2) is 0 Å². The lowest BCUT2D eigenvalue weighted by atomic mass is 9.78. The zero-order valence-corrected chi connectivity index (χ0v) is 7.40. The molecule has 0 N–H and O–H groups in total. The van der Waals surface area contributed by atoms with Gasteiger partial charge in [-0.2, -0.15) is 0 Å². The summed E-state index contributed by atoms with van der Waals surface area (Å²) < 4.78 is 0. The molecule has 0 radical (unpaired) electrons. The minimum Gasteiger partial charge on any atom is -0.0654 e. The summed E-state index contributed by atoms with van der Waals surface area (Å²) in [6, 6.07) is 0. The van der Waals surface area contributed by atoms with Crippen molar-refractivity contribution in [3.05, 3.63) is 0 Å². The lowest BCUT2D eigenvalue weighted by Crippen LogP contribution is -2.15. The Morgan fingerprint density at radius 2 is 1.90 bits per heavy atom. The van der Waals surface area contributed by atoms with Crippen molar-refractivity contribution in [2.45, 2.75) is 52.4 Å². The van der Waals surface area contributed by atoms with Gasteiger partial charge in [-0.25, -0.2) is 0 Å². The smallest absolute Gasteiger partial charge is 0.0389 e. The van der Waals surface area contributed by atoms with E-state index in [-0.39, 0.29) is 0 Å². The molecule has 1 saturated carbocycles. The fourth-order valence-electron chi connectivity index (χ4n) is 2.19. The Morgan fingerprint density at radius 3 is 2.50 bits per heavy atom. The van der Waals surface area contributed by atoms with E-state index in [1.807, 2.05) is 0 Å². The van der Waals surface area contributed by atoms with E-state index in [2.05, 4.69) is 13.8 Å². The molecule has 60 valence electrons. The van der Waals surface area contributed by atoms with Crippen molar-refractivity contribution in [3.63, 3.8) is 0 Å². The Labute approximate surface area is 65.0 Å². The van der Waals surface area contributed by atoms with Crippen LogP contribution in [0.5, 0.6) is 0 Å². The van der Waals surface area contributed by atoms with Gasteiger partial charge < -0.3 is 0 Å². The SMILES string of the molecule is CCC[C@@H]1CCCC[C@@H]1C. The van der Waals surface area contributed by atoms with Crippen molar-refractivity contribution >= 4 is 0 Å². The molecule has 1 aliphatic carbocycles. The summed E-state index contributed by atoms with van der Waals surface area (Å²) in [4.78, 5) is 0. The fourth-order valence-corrected chi connectivity index (χ4v) is 2.19. The highest BCUT2D eigenvalue weighted by Crippen LogP contribution is 2.32. The van der Waals surface area contributed by atoms with Gasteiger partial charge in [0.25, 0.3) is 0 Å². The molecule has 0 saturated heterocycles. The average Bonchev–Trinajstić information content (AvgIpc) is 1.94. The normalized spacial score (nSPS) is 34.2. The molecule has 1 rings (SSSR count). The highest BCUT2D eigenvalue weighted by atomic mass is 14.2. The molecule has 10 heavy (non-hydrogen) atoms. The molecular weight excluding hydrogens is 120 g/mol. The van der Waals surface area contributed by atoms with E-state index < -0.39 is 0 Å². The molecule has 2 atom stereocenters. The van der Waals surface area contributed by atoms with E-state index in [9.17, 15) is 0 Å². The summed E-state index contributed by atoms with van der Waals surface area (Å²) in [7, 11) is 0. The second-order valence-electron chi connectivity index (χ2n) is 3.81. The van der Waals surface area contributed by atoms with Crippen LogP contribution in [0.2, 0.25) is 0 Å². The Hall–Kier alpha value is 0. The van der Waals surface area contributed by atoms with Crippen LogP contribution in [0.3, 0.4) is 0 Å². The number of rotatable bonds is 2. The van der Waals surface area contributed by atoms with E-state index in [1.54, 1.807) is 0 Å². The highest BCUT2D eigenvalue weighted by molar-refractivity contribution is 4.71. The summed E-state index contributed by atoms with van der Waals surface area (Å²) in [5.74, 6) is 2.09. The standard InChI is InChI=1S/C10H20/c1-3-6-10-8-5-4-7-9(10)2/h9-10H,3-8H2,1-2H3/t9-,10+/m0/s1. The quantitative estimate of drug-likeness (QED) is 0.549. The maximum absolute atomic E-state index is 2.43. The third-order valence-electron chi connectivity index (χ3n) is 2.95. The summed E-state index contributed by atoms with van der Waals surface area (Å²) in [5, 5.41) is 0. The second-order valence-corrected chi connectivity index (χ2v) is 3.81. The van der Waals surface area contributed by atoms with Crippen molar-refractivity contribution in [2.24, 2.45) is 11.8 Å². The van der Waals surface area contributed by atoms with Crippen LogP contribution in [0.25, 0.3) is 0 Å². The molecule has 0 unspecified atom stereocenters. The van der Waals surface area contributed by atoms with Crippen LogP contribution < -0.4 is 0 Å². The maximum Gasteiger partial charge on any atom is -0.0389 e. The van der Waals surface area contributed by atoms with Crippen molar-refractivity contribution in [1.29, 1.82) is 0 Å². The summed E-state index contributed by atoms with van der Waals surface area (Å²) in [5.41, 5.74) is 0. The van der Waals surface area contributed by atoms with E-state index >= 15 is 0 Å². The van der Waals surface area contributed by atoms with Crippen LogP contribution >= 0.6 is 0 Å². The maximum atomic E-state index is 2.43. The molecule has 0 aromatic rings. The zero-order valence-electron chi connectivity index (χ0n) is 7.40. The minimum atomic E-state index is 1.02. The molecule has 0 aromatic heterocycles. The van der Waals surface area contributed by atoms with Gasteiger partial charge in [-0.1, -0.05) is 52.4 Å². The molecule has 0 spiro atoms. The Balaban J connectivity index is 2.25. The molecule has 0 heteroatoms.